The Labute approximate surface area is 207 Å². The van der Waals surface area contributed by atoms with Crippen molar-refractivity contribution in [1.29, 1.82) is 0 Å². The molecule has 0 radical (unpaired) electrons. The third-order valence-electron chi connectivity index (χ3n) is 6.19. The fourth-order valence-corrected chi connectivity index (χ4v) is 3.94. The average molecular weight is 504 g/mol. The molecule has 190 valence electrons. The van der Waals surface area contributed by atoms with Crippen molar-refractivity contribution in [3.05, 3.63) is 53.1 Å². The van der Waals surface area contributed by atoms with Crippen LogP contribution in [0.4, 0.5) is 8.78 Å². The number of carbonyl (C=O) groups excluding carboxylic acids is 1. The molecule has 2 rings (SSSR count). The number of phenolic OH excluding ortho intramolecular Hbond substituents is 1. The molecule has 0 spiro atoms. The summed E-state index contributed by atoms with van der Waals surface area (Å²) in [6, 6.07) is 5.80. The van der Waals surface area contributed by atoms with Crippen molar-refractivity contribution in [2.45, 2.75) is 58.9 Å². The predicted molar refractivity (Wildman–Crippen MR) is 137 cm³/mol. The van der Waals surface area contributed by atoms with Gasteiger partial charge in [-0.1, -0.05) is 46.5 Å². The van der Waals surface area contributed by atoms with Gasteiger partial charge in [-0.15, -0.1) is 0 Å². The summed E-state index contributed by atoms with van der Waals surface area (Å²) < 4.78 is 33.8. The number of rotatable bonds is 7. The summed E-state index contributed by atoms with van der Waals surface area (Å²) in [5.74, 6) is 2.69. The highest BCUT2D eigenvalue weighted by molar-refractivity contribution is 6.74. The third-order valence-corrected chi connectivity index (χ3v) is 10.7. The molecule has 3 N–H and O–H groups in total. The molecule has 0 saturated carbocycles. The third kappa shape index (κ3) is 7.62. The van der Waals surface area contributed by atoms with E-state index in [4.69, 9.17) is 4.43 Å². The van der Waals surface area contributed by atoms with Gasteiger partial charge in [0.1, 0.15) is 23.5 Å². The lowest BCUT2D eigenvalue weighted by Gasteiger charge is -2.36. The summed E-state index contributed by atoms with van der Waals surface area (Å²) in [5, 5.41) is 23.6. The van der Waals surface area contributed by atoms with Crippen LogP contribution in [0.5, 0.6) is 5.75 Å². The van der Waals surface area contributed by atoms with Crippen LogP contribution in [0, 0.1) is 29.4 Å². The van der Waals surface area contributed by atoms with E-state index in [1.54, 1.807) is 13.8 Å². The molecule has 1 atom stereocenters. The number of amides is 1. The molecule has 2 aromatic carbocycles. The van der Waals surface area contributed by atoms with E-state index in [9.17, 15) is 23.8 Å². The predicted octanol–water partition coefficient (Wildman–Crippen LogP) is 5.46. The number of halogens is 2. The molecule has 0 aliphatic carbocycles. The molecule has 1 amide bonds. The molecule has 0 fully saturated rings. The maximum Gasteiger partial charge on any atom is 0.255 e. The first-order valence-corrected chi connectivity index (χ1v) is 14.5. The second-order valence-electron chi connectivity index (χ2n) is 10.4. The van der Waals surface area contributed by atoms with E-state index < -0.39 is 32.0 Å². The van der Waals surface area contributed by atoms with Crippen LogP contribution >= 0.6 is 0 Å². The Kier molecular flexibility index (Phi) is 9.23. The fraction of sp³-hybridized carbons (Fsp3) is 0.444. The van der Waals surface area contributed by atoms with Crippen molar-refractivity contribution in [3.8, 4) is 28.7 Å². The molecule has 0 heterocycles. The quantitative estimate of drug-likeness (QED) is 0.266. The molecule has 0 aliphatic rings. The zero-order chi connectivity index (χ0) is 26.6. The Balaban J connectivity index is 2.38. The van der Waals surface area contributed by atoms with Gasteiger partial charge in [0.25, 0.3) is 5.91 Å². The minimum absolute atomic E-state index is 0.0258. The van der Waals surface area contributed by atoms with E-state index in [-0.39, 0.29) is 39.9 Å². The van der Waals surface area contributed by atoms with Gasteiger partial charge < -0.3 is 20.0 Å². The standard InChI is InChI=1S/C27H35F2NO4Si/c1-17(2)24(31)9-8-18-12-19(20-13-21(28)16-22(29)14-20)15-23(25(18)32)26(33)30-10-11-34-35(6,7)27(3,4)5/h12-17,24,31-32H,10-11H2,1-7H3,(H,30,33). The van der Waals surface area contributed by atoms with E-state index in [2.05, 4.69) is 51.0 Å². The van der Waals surface area contributed by atoms with Gasteiger partial charge in [0.2, 0.25) is 0 Å². The van der Waals surface area contributed by atoms with E-state index in [0.29, 0.717) is 12.2 Å². The van der Waals surface area contributed by atoms with E-state index in [1.165, 1.54) is 12.1 Å². The number of aliphatic hydroxyl groups excluding tert-OH is 1. The molecule has 2 aromatic rings. The summed E-state index contributed by atoms with van der Waals surface area (Å²) in [4.78, 5) is 12.9. The first kappa shape index (κ1) is 28.5. The van der Waals surface area contributed by atoms with Crippen molar-refractivity contribution < 1.29 is 28.2 Å². The first-order valence-electron chi connectivity index (χ1n) is 11.6. The van der Waals surface area contributed by atoms with Crippen LogP contribution in [0.2, 0.25) is 18.1 Å². The molecule has 0 aliphatic heterocycles. The van der Waals surface area contributed by atoms with Crippen molar-refractivity contribution >= 4 is 14.2 Å². The minimum atomic E-state index is -1.98. The Bertz CT molecular complexity index is 1110. The summed E-state index contributed by atoms with van der Waals surface area (Å²) in [6.45, 7) is 14.7. The summed E-state index contributed by atoms with van der Waals surface area (Å²) in [6.07, 6.45) is -0.950. The second-order valence-corrected chi connectivity index (χ2v) is 15.2. The minimum Gasteiger partial charge on any atom is -0.506 e. The van der Waals surface area contributed by atoms with E-state index in [1.807, 2.05) is 0 Å². The van der Waals surface area contributed by atoms with Crippen LogP contribution in [-0.2, 0) is 4.43 Å². The van der Waals surface area contributed by atoms with Gasteiger partial charge in [-0.25, -0.2) is 8.78 Å². The largest absolute Gasteiger partial charge is 0.506 e. The maximum absolute atomic E-state index is 13.8. The number of hydrogen-bond donors (Lipinski definition) is 3. The maximum atomic E-state index is 13.8. The zero-order valence-electron chi connectivity index (χ0n) is 21.4. The topological polar surface area (TPSA) is 78.8 Å². The number of hydrogen-bond acceptors (Lipinski definition) is 4. The number of aromatic hydroxyl groups is 1. The van der Waals surface area contributed by atoms with Gasteiger partial charge in [-0.3, -0.25) is 4.79 Å². The number of phenols is 1. The molecule has 35 heavy (non-hydrogen) atoms. The molecular formula is C27H35F2NO4Si. The summed E-state index contributed by atoms with van der Waals surface area (Å²) in [5.41, 5.74) is 0.454. The van der Waals surface area contributed by atoms with Crippen molar-refractivity contribution in [2.24, 2.45) is 5.92 Å². The van der Waals surface area contributed by atoms with Crippen LogP contribution in [0.15, 0.2) is 30.3 Å². The molecule has 8 heteroatoms. The number of nitrogens with one attached hydrogen (secondary N) is 1. The Morgan fingerprint density at radius 2 is 1.66 bits per heavy atom. The highest BCUT2D eigenvalue weighted by Gasteiger charge is 2.36. The van der Waals surface area contributed by atoms with Crippen LogP contribution in [0.3, 0.4) is 0 Å². The van der Waals surface area contributed by atoms with Gasteiger partial charge in [-0.2, -0.15) is 0 Å². The lowest BCUT2D eigenvalue weighted by molar-refractivity contribution is 0.0943. The molecular weight excluding hydrogens is 468 g/mol. The van der Waals surface area contributed by atoms with Crippen molar-refractivity contribution in [2.75, 3.05) is 13.2 Å². The highest BCUT2D eigenvalue weighted by Crippen LogP contribution is 2.36. The monoisotopic (exact) mass is 503 g/mol. The summed E-state index contributed by atoms with van der Waals surface area (Å²) in [7, 11) is -1.98. The first-order chi connectivity index (χ1) is 16.1. The number of carbonyl (C=O) groups is 1. The van der Waals surface area contributed by atoms with Crippen molar-refractivity contribution in [1.82, 2.24) is 5.32 Å². The van der Waals surface area contributed by atoms with Gasteiger partial charge in [0, 0.05) is 12.6 Å². The molecule has 1 unspecified atom stereocenters. The van der Waals surface area contributed by atoms with Crippen LogP contribution < -0.4 is 5.32 Å². The highest BCUT2D eigenvalue weighted by atomic mass is 28.4. The lowest BCUT2D eigenvalue weighted by atomic mass is 9.97. The lowest BCUT2D eigenvalue weighted by Crippen LogP contribution is -2.42. The van der Waals surface area contributed by atoms with Crippen molar-refractivity contribution in [3.63, 3.8) is 0 Å². The van der Waals surface area contributed by atoms with Gasteiger partial charge in [0.15, 0.2) is 8.32 Å². The zero-order valence-corrected chi connectivity index (χ0v) is 22.4. The molecule has 5 nitrogen and oxygen atoms in total. The number of aliphatic hydroxyl groups is 1. The summed E-state index contributed by atoms with van der Waals surface area (Å²) >= 11 is 0. The normalized spacial score (nSPS) is 12.8. The molecule has 0 saturated heterocycles. The molecule has 0 bridgehead atoms. The molecule has 0 aromatic heterocycles. The second kappa shape index (κ2) is 11.3. The van der Waals surface area contributed by atoms with Gasteiger partial charge in [-0.05, 0) is 59.4 Å². The van der Waals surface area contributed by atoms with Gasteiger partial charge >= 0.3 is 0 Å². The number of benzene rings is 2. The average Bonchev–Trinajstić information content (AvgIpc) is 2.74. The smallest absolute Gasteiger partial charge is 0.255 e. The van der Waals surface area contributed by atoms with Crippen LogP contribution in [0.1, 0.15) is 50.5 Å². The fourth-order valence-electron chi connectivity index (χ4n) is 2.89. The van der Waals surface area contributed by atoms with Gasteiger partial charge in [0.05, 0.1) is 17.7 Å². The van der Waals surface area contributed by atoms with Crippen LogP contribution in [0.25, 0.3) is 11.1 Å². The van der Waals surface area contributed by atoms with Crippen LogP contribution in [-0.4, -0.2) is 43.7 Å². The Hall–Kier alpha value is -2.73. The Morgan fingerprint density at radius 1 is 1.09 bits per heavy atom. The SMILES string of the molecule is CC(C)C(O)C#Cc1cc(-c2cc(F)cc(F)c2)cc(C(=O)NCCO[Si](C)(C)C(C)(C)C)c1O. The van der Waals surface area contributed by atoms with E-state index >= 15 is 0 Å². The van der Waals surface area contributed by atoms with E-state index in [0.717, 1.165) is 18.2 Å². The Morgan fingerprint density at radius 3 is 2.20 bits per heavy atom.